The maximum atomic E-state index is 11.0. The molecule has 43 heavy (non-hydrogen) atoms. The van der Waals surface area contributed by atoms with Gasteiger partial charge in [-0.3, -0.25) is 9.59 Å². The minimum Gasteiger partial charge on any atom is -0.550 e. The standard InChI is InChI=1S/C36H67NO6/c1-2-3-4-5-6-7-8-9-10-11-12-13-14-15-16-17-18-19-23-30-37(31-24-20-27-34(38)39,32-25-21-28-35(40)41)33-26-22-29-36(42)43/h5-6H,2-4,7-33H2,1H3,(H2-,38,39,40,41,42,43)/b6-5+. The lowest BCUT2D eigenvalue weighted by Gasteiger charge is -2.39. The molecule has 7 nitrogen and oxygen atoms in total. The number of hydrogen-bond donors (Lipinski definition) is 2. The molecule has 0 amide bonds. The van der Waals surface area contributed by atoms with Gasteiger partial charge in [0.15, 0.2) is 0 Å². The van der Waals surface area contributed by atoms with Crippen molar-refractivity contribution in [3.63, 3.8) is 0 Å². The topological polar surface area (TPSA) is 115 Å². The number of allylic oxidation sites excluding steroid dienone is 2. The minimum absolute atomic E-state index is 0.0646. The van der Waals surface area contributed by atoms with Crippen LogP contribution in [0.5, 0.6) is 0 Å². The molecule has 0 saturated carbocycles. The molecule has 0 radical (unpaired) electrons. The summed E-state index contributed by atoms with van der Waals surface area (Å²) >= 11 is 0. The zero-order valence-electron chi connectivity index (χ0n) is 27.8. The molecule has 0 atom stereocenters. The van der Waals surface area contributed by atoms with Crippen molar-refractivity contribution in [1.29, 1.82) is 0 Å². The van der Waals surface area contributed by atoms with E-state index in [-0.39, 0.29) is 19.3 Å². The van der Waals surface area contributed by atoms with Gasteiger partial charge in [-0.05, 0) is 77.0 Å². The fraction of sp³-hybridized carbons (Fsp3) is 0.861. The zero-order chi connectivity index (χ0) is 31.9. The average Bonchev–Trinajstić information content (AvgIpc) is 2.96. The van der Waals surface area contributed by atoms with Crippen molar-refractivity contribution in [2.24, 2.45) is 0 Å². The van der Waals surface area contributed by atoms with E-state index in [9.17, 15) is 19.5 Å². The Balaban J connectivity index is 4.27. The van der Waals surface area contributed by atoms with Gasteiger partial charge in [-0.1, -0.05) is 96.1 Å². The smallest absolute Gasteiger partial charge is 0.303 e. The average molecular weight is 610 g/mol. The summed E-state index contributed by atoms with van der Waals surface area (Å²) in [7, 11) is 0. The van der Waals surface area contributed by atoms with Crippen molar-refractivity contribution in [3.8, 4) is 0 Å². The van der Waals surface area contributed by atoms with Crippen molar-refractivity contribution in [1.82, 2.24) is 0 Å². The molecule has 0 bridgehead atoms. The van der Waals surface area contributed by atoms with Gasteiger partial charge in [0, 0.05) is 18.8 Å². The van der Waals surface area contributed by atoms with Crippen molar-refractivity contribution >= 4 is 17.9 Å². The van der Waals surface area contributed by atoms with Crippen LogP contribution in [-0.2, 0) is 14.4 Å². The van der Waals surface area contributed by atoms with E-state index in [0.29, 0.717) is 19.3 Å². The van der Waals surface area contributed by atoms with E-state index in [2.05, 4.69) is 19.1 Å². The molecular formula is C36H67NO6. The number of hydrogen-bond acceptors (Lipinski definition) is 4. The van der Waals surface area contributed by atoms with E-state index in [1.165, 1.54) is 103 Å². The Morgan fingerprint density at radius 3 is 1.19 bits per heavy atom. The second-order valence-corrected chi connectivity index (χ2v) is 12.8. The van der Waals surface area contributed by atoms with Crippen LogP contribution in [0, 0.1) is 0 Å². The fourth-order valence-corrected chi connectivity index (χ4v) is 6.05. The second-order valence-electron chi connectivity index (χ2n) is 12.8. The molecule has 0 aromatic heterocycles. The van der Waals surface area contributed by atoms with Crippen LogP contribution in [0.3, 0.4) is 0 Å². The Labute approximate surface area is 264 Å². The Hall–Kier alpha value is -1.89. The van der Waals surface area contributed by atoms with Crippen LogP contribution in [0.25, 0.3) is 0 Å². The predicted molar refractivity (Wildman–Crippen MR) is 175 cm³/mol. The van der Waals surface area contributed by atoms with Crippen LogP contribution in [0.15, 0.2) is 12.2 Å². The lowest BCUT2D eigenvalue weighted by molar-refractivity contribution is -0.929. The molecule has 0 unspecified atom stereocenters. The highest BCUT2D eigenvalue weighted by molar-refractivity contribution is 5.66. The molecular weight excluding hydrogens is 542 g/mol. The monoisotopic (exact) mass is 609 g/mol. The maximum absolute atomic E-state index is 11.0. The summed E-state index contributed by atoms with van der Waals surface area (Å²) in [5.74, 6) is -2.56. The lowest BCUT2D eigenvalue weighted by Crippen LogP contribution is -2.51. The number of carbonyl (C=O) groups is 3. The molecule has 0 saturated heterocycles. The van der Waals surface area contributed by atoms with Crippen LogP contribution in [-0.4, -0.2) is 58.8 Å². The molecule has 0 spiro atoms. The summed E-state index contributed by atoms with van der Waals surface area (Å²) < 4.78 is 0.849. The Morgan fingerprint density at radius 1 is 0.488 bits per heavy atom. The SMILES string of the molecule is CCCC/C=C/CCCCCCCCCCCCCCC[N+](CCCCC(=O)[O-])(CCCCC(=O)O)CCCCC(=O)O. The minimum atomic E-state index is -1.02. The largest absolute Gasteiger partial charge is 0.550 e. The third-order valence-electron chi connectivity index (χ3n) is 8.70. The molecule has 0 aliphatic heterocycles. The number of carboxylic acid groups (broad SMARTS) is 3. The highest BCUT2D eigenvalue weighted by Crippen LogP contribution is 2.20. The number of rotatable bonds is 34. The first-order chi connectivity index (χ1) is 20.8. The third-order valence-corrected chi connectivity index (χ3v) is 8.70. The molecule has 7 heteroatoms. The lowest BCUT2D eigenvalue weighted by atomic mass is 10.0. The van der Waals surface area contributed by atoms with Crippen LogP contribution in [0.1, 0.15) is 174 Å². The highest BCUT2D eigenvalue weighted by Gasteiger charge is 2.26. The Bertz CT molecular complexity index is 653. The highest BCUT2D eigenvalue weighted by atomic mass is 16.4. The van der Waals surface area contributed by atoms with E-state index in [4.69, 9.17) is 10.2 Å². The van der Waals surface area contributed by atoms with Crippen molar-refractivity contribution in [2.75, 3.05) is 26.2 Å². The quantitative estimate of drug-likeness (QED) is 0.0430. The number of nitrogens with zero attached hydrogens (tertiary/aromatic N) is 1. The molecule has 2 N–H and O–H groups in total. The predicted octanol–water partition coefficient (Wildman–Crippen LogP) is 8.44. The number of carbonyl (C=O) groups excluding carboxylic acids is 1. The summed E-state index contributed by atoms with van der Waals surface area (Å²) in [6, 6.07) is 0. The molecule has 0 rings (SSSR count). The number of carboxylic acids is 3. The Kier molecular flexibility index (Phi) is 28.8. The van der Waals surface area contributed by atoms with Crippen molar-refractivity contribution in [2.45, 2.75) is 174 Å². The maximum Gasteiger partial charge on any atom is 0.303 e. The molecule has 252 valence electrons. The van der Waals surface area contributed by atoms with E-state index in [1.807, 2.05) is 0 Å². The molecule has 0 aliphatic rings. The van der Waals surface area contributed by atoms with E-state index < -0.39 is 17.9 Å². The van der Waals surface area contributed by atoms with E-state index >= 15 is 0 Å². The van der Waals surface area contributed by atoms with Gasteiger partial charge in [-0.25, -0.2) is 0 Å². The van der Waals surface area contributed by atoms with E-state index in [1.54, 1.807) is 0 Å². The summed E-state index contributed by atoms with van der Waals surface area (Å²) in [5.41, 5.74) is 0. The van der Waals surface area contributed by atoms with Gasteiger partial charge in [0.2, 0.25) is 0 Å². The summed E-state index contributed by atoms with van der Waals surface area (Å²) in [6.07, 6.45) is 31.4. The third kappa shape index (κ3) is 29.9. The van der Waals surface area contributed by atoms with Crippen molar-refractivity contribution < 1.29 is 34.2 Å². The van der Waals surface area contributed by atoms with Crippen LogP contribution < -0.4 is 5.11 Å². The normalized spacial score (nSPS) is 11.8. The molecule has 0 fully saturated rings. The first-order valence-electron chi connectivity index (χ1n) is 17.9. The molecule has 0 heterocycles. The van der Waals surface area contributed by atoms with Gasteiger partial charge in [-0.15, -0.1) is 0 Å². The zero-order valence-corrected chi connectivity index (χ0v) is 27.8. The van der Waals surface area contributed by atoms with Crippen LogP contribution in [0.2, 0.25) is 0 Å². The summed E-state index contributed by atoms with van der Waals surface area (Å²) in [5, 5.41) is 29.0. The molecule has 0 aliphatic carbocycles. The number of aliphatic carboxylic acids is 3. The summed E-state index contributed by atoms with van der Waals surface area (Å²) in [6.45, 7) is 5.86. The number of unbranched alkanes of at least 4 members (excludes halogenated alkanes) is 18. The van der Waals surface area contributed by atoms with Crippen molar-refractivity contribution in [3.05, 3.63) is 12.2 Å². The molecule has 0 aromatic rings. The van der Waals surface area contributed by atoms with Crippen LogP contribution in [0.4, 0.5) is 0 Å². The van der Waals surface area contributed by atoms with Gasteiger partial charge in [0.05, 0.1) is 26.2 Å². The first-order valence-corrected chi connectivity index (χ1v) is 17.9. The summed E-state index contributed by atoms with van der Waals surface area (Å²) in [4.78, 5) is 32.9. The fourth-order valence-electron chi connectivity index (χ4n) is 6.05. The van der Waals surface area contributed by atoms with Gasteiger partial charge >= 0.3 is 11.9 Å². The van der Waals surface area contributed by atoms with Gasteiger partial charge in [0.1, 0.15) is 0 Å². The van der Waals surface area contributed by atoms with Crippen LogP contribution >= 0.6 is 0 Å². The number of quaternary nitrogens is 1. The van der Waals surface area contributed by atoms with E-state index in [0.717, 1.165) is 56.3 Å². The first kappa shape index (κ1) is 41.1. The molecule has 0 aromatic carbocycles. The second kappa shape index (κ2) is 30.1. The Morgan fingerprint density at radius 2 is 0.814 bits per heavy atom. The van der Waals surface area contributed by atoms with Gasteiger partial charge < -0.3 is 24.6 Å². The van der Waals surface area contributed by atoms with Gasteiger partial charge in [0.25, 0.3) is 0 Å². The van der Waals surface area contributed by atoms with Gasteiger partial charge in [-0.2, -0.15) is 0 Å².